The molecule has 1 saturated carbocycles. The molecule has 0 amide bonds. The lowest BCUT2D eigenvalue weighted by molar-refractivity contribution is 0.0524. The Labute approximate surface area is 126 Å². The largest absolute Gasteiger partial charge is 0.462 e. The highest BCUT2D eigenvalue weighted by Gasteiger charge is 2.31. The molecule has 116 valence electrons. The zero-order chi connectivity index (χ0) is 15.4. The standard InChI is InChI=1S/C16H25N3O2/c1-5-12-7-8-14(10(12)3)19-16-17-9-13(11(4)18-16)15(20)21-6-2/h9-10,12,14H,5-8H2,1-4H3,(H,17,18,19). The number of esters is 1. The third kappa shape index (κ3) is 3.52. The molecule has 0 bridgehead atoms. The second-order valence-electron chi connectivity index (χ2n) is 5.77. The molecular formula is C16H25N3O2. The molecule has 0 spiro atoms. The van der Waals surface area contributed by atoms with Gasteiger partial charge in [0, 0.05) is 12.2 Å². The van der Waals surface area contributed by atoms with Gasteiger partial charge in [0.25, 0.3) is 0 Å². The van der Waals surface area contributed by atoms with Gasteiger partial charge >= 0.3 is 5.97 Å². The van der Waals surface area contributed by atoms with Crippen molar-refractivity contribution in [1.82, 2.24) is 9.97 Å². The molecule has 0 aliphatic heterocycles. The molecule has 1 aromatic rings. The van der Waals surface area contributed by atoms with E-state index in [-0.39, 0.29) is 5.97 Å². The fourth-order valence-corrected chi connectivity index (χ4v) is 3.14. The van der Waals surface area contributed by atoms with E-state index in [1.807, 2.05) is 6.92 Å². The Hall–Kier alpha value is -1.65. The molecule has 1 aromatic heterocycles. The van der Waals surface area contributed by atoms with Crippen LogP contribution in [0.5, 0.6) is 0 Å². The van der Waals surface area contributed by atoms with Crippen molar-refractivity contribution >= 4 is 11.9 Å². The van der Waals surface area contributed by atoms with Crippen LogP contribution in [0.25, 0.3) is 0 Å². The fourth-order valence-electron chi connectivity index (χ4n) is 3.14. The number of hydrogen-bond acceptors (Lipinski definition) is 5. The van der Waals surface area contributed by atoms with E-state index < -0.39 is 0 Å². The zero-order valence-corrected chi connectivity index (χ0v) is 13.3. The summed E-state index contributed by atoms with van der Waals surface area (Å²) in [6.07, 6.45) is 5.19. The molecule has 3 unspecified atom stereocenters. The van der Waals surface area contributed by atoms with Crippen LogP contribution in [0.2, 0.25) is 0 Å². The molecule has 1 aliphatic carbocycles. The molecule has 21 heavy (non-hydrogen) atoms. The molecule has 0 aromatic carbocycles. The maximum atomic E-state index is 11.7. The minimum Gasteiger partial charge on any atom is -0.462 e. The first-order chi connectivity index (χ1) is 10.1. The van der Waals surface area contributed by atoms with Crippen LogP contribution in [-0.4, -0.2) is 28.6 Å². The van der Waals surface area contributed by atoms with E-state index in [2.05, 4.69) is 29.1 Å². The second kappa shape index (κ2) is 6.87. The Bertz CT molecular complexity index is 504. The molecule has 5 nitrogen and oxygen atoms in total. The van der Waals surface area contributed by atoms with Gasteiger partial charge < -0.3 is 10.1 Å². The second-order valence-corrected chi connectivity index (χ2v) is 5.77. The number of carbonyl (C=O) groups is 1. The van der Waals surface area contributed by atoms with Gasteiger partial charge in [0.15, 0.2) is 0 Å². The Balaban J connectivity index is 2.05. The first-order valence-corrected chi connectivity index (χ1v) is 7.84. The van der Waals surface area contributed by atoms with Crippen LogP contribution < -0.4 is 5.32 Å². The first-order valence-electron chi connectivity index (χ1n) is 7.84. The van der Waals surface area contributed by atoms with E-state index in [4.69, 9.17) is 4.74 Å². The highest BCUT2D eigenvalue weighted by atomic mass is 16.5. The molecule has 0 radical (unpaired) electrons. The number of ether oxygens (including phenoxy) is 1. The van der Waals surface area contributed by atoms with Gasteiger partial charge in [-0.1, -0.05) is 20.3 Å². The highest BCUT2D eigenvalue weighted by Crippen LogP contribution is 2.35. The number of aromatic nitrogens is 2. The van der Waals surface area contributed by atoms with E-state index in [0.717, 1.165) is 12.3 Å². The smallest absolute Gasteiger partial charge is 0.341 e. The average molecular weight is 291 g/mol. The lowest BCUT2D eigenvalue weighted by Crippen LogP contribution is -2.26. The summed E-state index contributed by atoms with van der Waals surface area (Å²) in [4.78, 5) is 20.4. The fraction of sp³-hybridized carbons (Fsp3) is 0.688. The molecular weight excluding hydrogens is 266 g/mol. The van der Waals surface area contributed by atoms with E-state index in [9.17, 15) is 4.79 Å². The van der Waals surface area contributed by atoms with Crippen molar-refractivity contribution in [2.24, 2.45) is 11.8 Å². The van der Waals surface area contributed by atoms with Gasteiger partial charge in [-0.15, -0.1) is 0 Å². The SMILES string of the molecule is CCOC(=O)c1cnc(NC2CCC(CC)C2C)nc1C. The average Bonchev–Trinajstić information content (AvgIpc) is 2.80. The summed E-state index contributed by atoms with van der Waals surface area (Å²) in [5.41, 5.74) is 1.09. The van der Waals surface area contributed by atoms with E-state index in [0.29, 0.717) is 35.8 Å². The Morgan fingerprint density at radius 3 is 2.76 bits per heavy atom. The Kier molecular flexibility index (Phi) is 5.15. The van der Waals surface area contributed by atoms with Crippen LogP contribution in [0.4, 0.5) is 5.95 Å². The monoisotopic (exact) mass is 291 g/mol. The minimum absolute atomic E-state index is 0.357. The molecule has 0 saturated heterocycles. The van der Waals surface area contributed by atoms with Gasteiger partial charge in [-0.3, -0.25) is 0 Å². The number of hydrogen-bond donors (Lipinski definition) is 1. The topological polar surface area (TPSA) is 64.1 Å². The van der Waals surface area contributed by atoms with Crippen LogP contribution >= 0.6 is 0 Å². The minimum atomic E-state index is -0.359. The van der Waals surface area contributed by atoms with E-state index >= 15 is 0 Å². The number of aryl methyl sites for hydroxylation is 1. The predicted octanol–water partition coefficient (Wildman–Crippen LogP) is 3.20. The van der Waals surface area contributed by atoms with Crippen molar-refractivity contribution in [2.75, 3.05) is 11.9 Å². The molecule has 1 fully saturated rings. The summed E-state index contributed by atoms with van der Waals surface area (Å²) in [7, 11) is 0. The van der Waals surface area contributed by atoms with Crippen molar-refractivity contribution in [3.8, 4) is 0 Å². The van der Waals surface area contributed by atoms with Gasteiger partial charge in [0.1, 0.15) is 0 Å². The van der Waals surface area contributed by atoms with Gasteiger partial charge in [0.05, 0.1) is 17.9 Å². The van der Waals surface area contributed by atoms with Crippen molar-refractivity contribution in [3.05, 3.63) is 17.5 Å². The number of carbonyl (C=O) groups excluding carboxylic acids is 1. The molecule has 1 N–H and O–H groups in total. The lowest BCUT2D eigenvalue weighted by Gasteiger charge is -2.21. The Morgan fingerprint density at radius 1 is 1.43 bits per heavy atom. The summed E-state index contributed by atoms with van der Waals surface area (Å²) in [6.45, 7) is 8.49. The van der Waals surface area contributed by atoms with Crippen LogP contribution in [0.15, 0.2) is 6.20 Å². The zero-order valence-electron chi connectivity index (χ0n) is 13.3. The quantitative estimate of drug-likeness (QED) is 0.844. The first kappa shape index (κ1) is 15.7. The van der Waals surface area contributed by atoms with Gasteiger partial charge in [-0.05, 0) is 38.5 Å². The van der Waals surface area contributed by atoms with Crippen molar-refractivity contribution in [1.29, 1.82) is 0 Å². The van der Waals surface area contributed by atoms with Crippen LogP contribution in [0.1, 0.15) is 56.1 Å². The van der Waals surface area contributed by atoms with Gasteiger partial charge in [0.2, 0.25) is 5.95 Å². The number of nitrogens with one attached hydrogen (secondary N) is 1. The van der Waals surface area contributed by atoms with Crippen molar-refractivity contribution < 1.29 is 9.53 Å². The number of nitrogens with zero attached hydrogens (tertiary/aromatic N) is 2. The number of rotatable bonds is 5. The third-order valence-electron chi connectivity index (χ3n) is 4.54. The molecule has 1 heterocycles. The normalized spacial score (nSPS) is 24.9. The molecule has 3 atom stereocenters. The van der Waals surface area contributed by atoms with E-state index in [1.54, 1.807) is 13.1 Å². The maximum absolute atomic E-state index is 11.7. The lowest BCUT2D eigenvalue weighted by atomic mass is 9.94. The summed E-state index contributed by atoms with van der Waals surface area (Å²) in [5, 5.41) is 3.42. The van der Waals surface area contributed by atoms with Crippen molar-refractivity contribution in [2.45, 2.75) is 53.0 Å². The molecule has 5 heteroatoms. The van der Waals surface area contributed by atoms with Gasteiger partial charge in [-0.25, -0.2) is 14.8 Å². The maximum Gasteiger partial charge on any atom is 0.341 e. The van der Waals surface area contributed by atoms with Crippen LogP contribution in [0, 0.1) is 18.8 Å². The number of anilines is 1. The molecule has 1 aliphatic rings. The van der Waals surface area contributed by atoms with Crippen molar-refractivity contribution in [3.63, 3.8) is 0 Å². The predicted molar refractivity (Wildman–Crippen MR) is 82.3 cm³/mol. The summed E-state index contributed by atoms with van der Waals surface area (Å²) >= 11 is 0. The van der Waals surface area contributed by atoms with Gasteiger partial charge in [-0.2, -0.15) is 0 Å². The Morgan fingerprint density at radius 2 is 2.19 bits per heavy atom. The summed E-state index contributed by atoms with van der Waals surface area (Å²) in [6, 6.07) is 0.419. The van der Waals surface area contributed by atoms with E-state index in [1.165, 1.54) is 12.8 Å². The van der Waals surface area contributed by atoms with Crippen LogP contribution in [-0.2, 0) is 4.74 Å². The third-order valence-corrected chi connectivity index (χ3v) is 4.54. The molecule has 2 rings (SSSR count). The summed E-state index contributed by atoms with van der Waals surface area (Å²) < 4.78 is 4.99. The van der Waals surface area contributed by atoms with Crippen LogP contribution in [0.3, 0.4) is 0 Å². The highest BCUT2D eigenvalue weighted by molar-refractivity contribution is 5.90. The summed E-state index contributed by atoms with van der Waals surface area (Å²) in [5.74, 6) is 1.65.